The Morgan fingerprint density at radius 3 is 1.30 bits per heavy atom. The topological polar surface area (TPSA) is 51.2 Å². The van der Waals surface area contributed by atoms with Gasteiger partial charge < -0.3 is 28.1 Å². The number of ether oxygens (including phenoxy) is 2. The third-order valence-corrected chi connectivity index (χ3v) is 17.6. The summed E-state index contributed by atoms with van der Waals surface area (Å²) >= 11 is 0. The summed E-state index contributed by atoms with van der Waals surface area (Å²) in [6.07, 6.45) is 0. The molecule has 7 heteroatoms. The van der Waals surface area contributed by atoms with E-state index in [2.05, 4.69) is 259 Å². The summed E-state index contributed by atoms with van der Waals surface area (Å²) in [5, 5.41) is 2.14. The molecular formula is C73H63BN2O4. The number of rotatable bonds is 7. The number of anilines is 6. The van der Waals surface area contributed by atoms with Crippen LogP contribution in [0.1, 0.15) is 112 Å². The fourth-order valence-corrected chi connectivity index (χ4v) is 13.3. The van der Waals surface area contributed by atoms with Crippen molar-refractivity contribution in [2.75, 3.05) is 23.0 Å². The SMILES string of the molecule is CC(C)c1cc2c3c(c1)N(c1cc(C4COc5ccccc54)ccc1-c1ccccc1)c1c(oc4ccc(C(C)(C)C)cc14)B3c1oc3ccc(C(C)(C)C)cc3c1N2c1cc(C2COc3ccccc32)ccc1-c1ccccc1. The zero-order chi connectivity index (χ0) is 54.3. The third kappa shape index (κ3) is 7.53. The minimum absolute atomic E-state index is 0.0452. The van der Waals surface area contributed by atoms with Crippen LogP contribution in [0.5, 0.6) is 11.5 Å². The van der Waals surface area contributed by atoms with Gasteiger partial charge in [-0.25, -0.2) is 0 Å². The standard InChI is InChI=1S/C73H63BN2O4/c1-43(2)48-37-61-67-62(38-48)76(60-36-47(28-32-52(60)45-21-13-10-14-22-45)58-42-78-64-26-18-16-24-54(58)64)69-56-40-50(73(6,7)8)30-34-66(56)80-71(69)74(67)70-68(55-39-49(72(3,4)5)29-33-65(55)79-70)75(61)59-35-46(27-31-51(59)44-19-11-9-12-20-44)57-41-77-63-25-17-15-23-53(57)63/h9-40,43,57-58H,41-42H2,1-8H3. The molecule has 392 valence electrons. The maximum absolute atomic E-state index is 7.59. The molecule has 0 fully saturated rings. The first-order chi connectivity index (χ1) is 38.8. The van der Waals surface area contributed by atoms with E-state index in [4.69, 9.17) is 18.3 Å². The van der Waals surface area contributed by atoms with Gasteiger partial charge in [0.25, 0.3) is 0 Å². The highest BCUT2D eigenvalue weighted by Crippen LogP contribution is 2.54. The molecule has 0 amide bonds. The molecule has 2 atom stereocenters. The Hall–Kier alpha value is -8.68. The van der Waals surface area contributed by atoms with Crippen LogP contribution in [-0.2, 0) is 10.8 Å². The number of nitrogens with zero attached hydrogens (tertiary/aromatic N) is 2. The quantitative estimate of drug-likeness (QED) is 0.148. The smallest absolute Gasteiger partial charge is 0.342 e. The maximum atomic E-state index is 7.59. The number of furan rings is 2. The average Bonchev–Trinajstić information content (AvgIpc) is 4.24. The Bertz CT molecular complexity index is 4020. The van der Waals surface area contributed by atoms with Gasteiger partial charge in [0.2, 0.25) is 0 Å². The number of para-hydroxylation sites is 2. The van der Waals surface area contributed by atoms with E-state index >= 15 is 0 Å². The van der Waals surface area contributed by atoms with Crippen molar-refractivity contribution in [2.45, 2.75) is 84.0 Å². The molecule has 15 rings (SSSR count). The Morgan fingerprint density at radius 1 is 0.450 bits per heavy atom. The van der Waals surface area contributed by atoms with E-state index in [1.54, 1.807) is 0 Å². The highest BCUT2D eigenvalue weighted by Gasteiger charge is 2.51. The molecule has 0 spiro atoms. The molecule has 4 aliphatic rings. The first-order valence-electron chi connectivity index (χ1n) is 28.5. The fraction of sp³-hybridized carbons (Fsp3) is 0.205. The van der Waals surface area contributed by atoms with Crippen LogP contribution >= 0.6 is 0 Å². The van der Waals surface area contributed by atoms with Gasteiger partial charge in [-0.05, 0) is 122 Å². The van der Waals surface area contributed by atoms with E-state index in [-0.39, 0.29) is 28.6 Å². The zero-order valence-electron chi connectivity index (χ0n) is 46.7. The summed E-state index contributed by atoms with van der Waals surface area (Å²) in [6, 6.07) is 71.7. The van der Waals surface area contributed by atoms with Crippen molar-refractivity contribution < 1.29 is 18.3 Å². The van der Waals surface area contributed by atoms with Gasteiger partial charge in [-0.2, -0.15) is 0 Å². The van der Waals surface area contributed by atoms with Gasteiger partial charge >= 0.3 is 6.71 Å². The molecule has 4 aliphatic heterocycles. The van der Waals surface area contributed by atoms with Crippen LogP contribution in [0.15, 0.2) is 203 Å². The molecule has 2 aromatic heterocycles. The van der Waals surface area contributed by atoms with Crippen molar-refractivity contribution in [3.05, 3.63) is 233 Å². The van der Waals surface area contributed by atoms with Gasteiger partial charge in [0, 0.05) is 56.2 Å². The summed E-state index contributed by atoms with van der Waals surface area (Å²) in [5.41, 5.74) is 23.8. The van der Waals surface area contributed by atoms with Crippen molar-refractivity contribution in [1.29, 1.82) is 0 Å². The lowest BCUT2D eigenvalue weighted by molar-refractivity contribution is 0.343. The normalized spacial score (nSPS) is 16.1. The van der Waals surface area contributed by atoms with Crippen LogP contribution in [0.4, 0.5) is 34.1 Å². The Kier molecular flexibility index (Phi) is 10.9. The molecular weight excluding hydrogens is 980 g/mol. The lowest BCUT2D eigenvalue weighted by Gasteiger charge is -2.42. The largest absolute Gasteiger partial charge is 0.492 e. The molecule has 0 saturated carbocycles. The van der Waals surface area contributed by atoms with Gasteiger partial charge in [-0.1, -0.05) is 189 Å². The second-order valence-electron chi connectivity index (χ2n) is 24.9. The minimum Gasteiger partial charge on any atom is -0.492 e. The van der Waals surface area contributed by atoms with Gasteiger partial charge in [0.15, 0.2) is 0 Å². The molecule has 11 aromatic rings. The summed E-state index contributed by atoms with van der Waals surface area (Å²) in [6.45, 7) is 19.2. The molecule has 0 bridgehead atoms. The van der Waals surface area contributed by atoms with Crippen LogP contribution in [0.3, 0.4) is 0 Å². The van der Waals surface area contributed by atoms with Gasteiger partial charge in [0.1, 0.15) is 34.0 Å². The second kappa shape index (κ2) is 17.9. The van der Waals surface area contributed by atoms with Crippen molar-refractivity contribution in [3.8, 4) is 33.8 Å². The van der Waals surface area contributed by atoms with Crippen molar-refractivity contribution in [2.24, 2.45) is 0 Å². The molecule has 9 aromatic carbocycles. The summed E-state index contributed by atoms with van der Waals surface area (Å²) in [5.74, 6) is 2.15. The fourth-order valence-electron chi connectivity index (χ4n) is 13.3. The highest BCUT2D eigenvalue weighted by molar-refractivity contribution is 6.99. The van der Waals surface area contributed by atoms with E-state index in [0.717, 1.165) is 107 Å². The van der Waals surface area contributed by atoms with E-state index in [1.807, 2.05) is 0 Å². The minimum atomic E-state index is -0.411. The lowest BCUT2D eigenvalue weighted by Crippen LogP contribution is -2.60. The Morgan fingerprint density at radius 2 is 0.875 bits per heavy atom. The predicted molar refractivity (Wildman–Crippen MR) is 330 cm³/mol. The molecule has 0 N–H and O–H groups in total. The summed E-state index contributed by atoms with van der Waals surface area (Å²) in [4.78, 5) is 5.15. The monoisotopic (exact) mass is 1040 g/mol. The number of hydrogen-bond acceptors (Lipinski definition) is 6. The van der Waals surface area contributed by atoms with Crippen LogP contribution in [-0.4, -0.2) is 19.9 Å². The van der Waals surface area contributed by atoms with Crippen LogP contribution in [0.2, 0.25) is 0 Å². The molecule has 80 heavy (non-hydrogen) atoms. The van der Waals surface area contributed by atoms with Gasteiger partial charge in [-0.3, -0.25) is 0 Å². The lowest BCUT2D eigenvalue weighted by atomic mass is 9.37. The zero-order valence-corrected chi connectivity index (χ0v) is 46.7. The van der Waals surface area contributed by atoms with Crippen molar-refractivity contribution >= 4 is 79.6 Å². The number of fused-ring (bicyclic) bond motifs is 10. The first kappa shape index (κ1) is 48.5. The summed E-state index contributed by atoms with van der Waals surface area (Å²) in [7, 11) is 0. The molecule has 0 saturated heterocycles. The van der Waals surface area contributed by atoms with Crippen LogP contribution in [0, 0.1) is 0 Å². The average molecular weight is 1040 g/mol. The van der Waals surface area contributed by atoms with E-state index in [0.29, 0.717) is 13.2 Å². The highest BCUT2D eigenvalue weighted by atomic mass is 16.5. The Balaban J connectivity index is 1.09. The predicted octanol–water partition coefficient (Wildman–Crippen LogP) is 17.4. The van der Waals surface area contributed by atoms with Gasteiger partial charge in [-0.15, -0.1) is 0 Å². The molecule has 6 heterocycles. The molecule has 2 unspecified atom stereocenters. The Labute approximate surface area is 469 Å². The first-order valence-corrected chi connectivity index (χ1v) is 28.5. The van der Waals surface area contributed by atoms with E-state index in [1.165, 1.54) is 38.9 Å². The number of hydrogen-bond donors (Lipinski definition) is 0. The van der Waals surface area contributed by atoms with Crippen LogP contribution in [0.25, 0.3) is 44.2 Å². The third-order valence-electron chi connectivity index (χ3n) is 17.6. The second-order valence-corrected chi connectivity index (χ2v) is 24.9. The van der Waals surface area contributed by atoms with Gasteiger partial charge in [0.05, 0.1) is 36.0 Å². The van der Waals surface area contributed by atoms with Crippen LogP contribution < -0.4 is 36.1 Å². The molecule has 0 radical (unpaired) electrons. The number of benzene rings is 9. The van der Waals surface area contributed by atoms with Crippen molar-refractivity contribution in [1.82, 2.24) is 0 Å². The maximum Gasteiger partial charge on any atom is 0.342 e. The molecule has 0 aliphatic carbocycles. The van der Waals surface area contributed by atoms with Crippen molar-refractivity contribution in [3.63, 3.8) is 0 Å². The summed E-state index contributed by atoms with van der Waals surface area (Å²) < 4.78 is 28.1. The molecule has 6 nitrogen and oxygen atoms in total. The van der Waals surface area contributed by atoms with E-state index < -0.39 is 6.71 Å². The van der Waals surface area contributed by atoms with E-state index in [9.17, 15) is 0 Å².